The molecule has 0 aliphatic rings. The van der Waals surface area contributed by atoms with Crippen LogP contribution in [0, 0.1) is 0 Å². The molecule has 4 amide bonds. The highest BCUT2D eigenvalue weighted by atomic mass is 16.4. The summed E-state index contributed by atoms with van der Waals surface area (Å²) in [5, 5.41) is 22.4. The number of carboxylic acids is 1. The summed E-state index contributed by atoms with van der Waals surface area (Å²) in [6, 6.07) is 0. The lowest BCUT2D eigenvalue weighted by Gasteiger charge is -2.08. The first-order valence-electron chi connectivity index (χ1n) is 12.3. The highest BCUT2D eigenvalue weighted by molar-refractivity contribution is 5.81. The number of rotatable bonds is 22. The van der Waals surface area contributed by atoms with E-state index >= 15 is 0 Å². The van der Waals surface area contributed by atoms with Gasteiger partial charge in [0.1, 0.15) is 0 Å². The van der Waals surface area contributed by atoms with Crippen molar-refractivity contribution in [2.45, 2.75) is 77.6 Å². The van der Waals surface area contributed by atoms with Gasteiger partial charge in [0.25, 0.3) is 0 Å². The van der Waals surface area contributed by atoms with E-state index in [1.54, 1.807) is 0 Å². The number of carbonyl (C=O) groups is 5. The van der Waals surface area contributed by atoms with E-state index in [1.807, 2.05) is 6.92 Å². The van der Waals surface area contributed by atoms with Crippen LogP contribution in [0.25, 0.3) is 0 Å². The summed E-state index contributed by atoms with van der Waals surface area (Å²) in [7, 11) is 0. The van der Waals surface area contributed by atoms with Gasteiger partial charge < -0.3 is 26.4 Å². The van der Waals surface area contributed by atoms with E-state index < -0.39 is 5.97 Å². The molecular formula is C23H43N5O6. The third-order valence-electron chi connectivity index (χ3n) is 4.89. The SMILES string of the molecule is CCNC(=O)CCCCNC(=O)CCCCCNC(=O)CNCC(=O)NCCCCCC(=O)O. The maximum absolute atomic E-state index is 11.8. The van der Waals surface area contributed by atoms with E-state index in [0.717, 1.165) is 44.9 Å². The monoisotopic (exact) mass is 485 g/mol. The van der Waals surface area contributed by atoms with E-state index in [-0.39, 0.29) is 43.1 Å². The van der Waals surface area contributed by atoms with Gasteiger partial charge in [-0.05, 0) is 45.4 Å². The normalized spacial score (nSPS) is 10.4. The summed E-state index contributed by atoms with van der Waals surface area (Å²) < 4.78 is 0. The number of hydrogen-bond acceptors (Lipinski definition) is 6. The smallest absolute Gasteiger partial charge is 0.303 e. The maximum Gasteiger partial charge on any atom is 0.303 e. The van der Waals surface area contributed by atoms with Crippen LogP contribution in [0.1, 0.15) is 77.6 Å². The Morgan fingerprint density at radius 3 is 1.44 bits per heavy atom. The molecule has 0 radical (unpaired) electrons. The Morgan fingerprint density at radius 1 is 0.529 bits per heavy atom. The number of hydrogen-bond donors (Lipinski definition) is 6. The van der Waals surface area contributed by atoms with Crippen LogP contribution in [0.15, 0.2) is 0 Å². The molecule has 11 nitrogen and oxygen atoms in total. The van der Waals surface area contributed by atoms with Crippen molar-refractivity contribution in [3.8, 4) is 0 Å². The van der Waals surface area contributed by atoms with Crippen LogP contribution in [0.4, 0.5) is 0 Å². The van der Waals surface area contributed by atoms with Crippen LogP contribution in [0.5, 0.6) is 0 Å². The molecule has 0 aromatic carbocycles. The van der Waals surface area contributed by atoms with Crippen LogP contribution < -0.4 is 26.6 Å². The molecule has 0 aromatic rings. The maximum atomic E-state index is 11.8. The number of unbranched alkanes of at least 4 members (excludes halogenated alkanes) is 5. The first kappa shape index (κ1) is 31.3. The Kier molecular flexibility index (Phi) is 20.4. The second-order valence-corrected chi connectivity index (χ2v) is 8.08. The average molecular weight is 486 g/mol. The molecule has 6 N–H and O–H groups in total. The van der Waals surface area contributed by atoms with Crippen molar-refractivity contribution in [1.82, 2.24) is 26.6 Å². The second-order valence-electron chi connectivity index (χ2n) is 8.08. The third-order valence-corrected chi connectivity index (χ3v) is 4.89. The van der Waals surface area contributed by atoms with Crippen molar-refractivity contribution < 1.29 is 29.1 Å². The van der Waals surface area contributed by atoms with E-state index in [1.165, 1.54) is 0 Å². The van der Waals surface area contributed by atoms with Gasteiger partial charge in [-0.2, -0.15) is 0 Å². The lowest BCUT2D eigenvalue weighted by Crippen LogP contribution is -2.40. The fraction of sp³-hybridized carbons (Fsp3) is 0.783. The van der Waals surface area contributed by atoms with Crippen LogP contribution in [-0.4, -0.2) is 74.0 Å². The Labute approximate surface area is 202 Å². The summed E-state index contributed by atoms with van der Waals surface area (Å²) in [5.41, 5.74) is 0. The van der Waals surface area contributed by atoms with Crippen molar-refractivity contribution in [3.05, 3.63) is 0 Å². The summed E-state index contributed by atoms with van der Waals surface area (Å²) in [5.74, 6) is -1.16. The quantitative estimate of drug-likeness (QED) is 0.121. The van der Waals surface area contributed by atoms with Gasteiger partial charge in [0, 0.05) is 45.4 Å². The first-order chi connectivity index (χ1) is 16.3. The number of carbonyl (C=O) groups excluding carboxylic acids is 4. The zero-order chi connectivity index (χ0) is 25.4. The van der Waals surface area contributed by atoms with Gasteiger partial charge in [0.15, 0.2) is 0 Å². The minimum absolute atomic E-state index is 0.00443. The minimum Gasteiger partial charge on any atom is -0.481 e. The van der Waals surface area contributed by atoms with Crippen molar-refractivity contribution in [3.63, 3.8) is 0 Å². The van der Waals surface area contributed by atoms with Crippen molar-refractivity contribution >= 4 is 29.6 Å². The lowest BCUT2D eigenvalue weighted by molar-refractivity contribution is -0.137. The number of aliphatic carboxylic acids is 1. The molecule has 0 rings (SSSR count). The zero-order valence-corrected chi connectivity index (χ0v) is 20.5. The molecule has 0 saturated heterocycles. The molecule has 0 atom stereocenters. The topological polar surface area (TPSA) is 166 Å². The predicted octanol–water partition coefficient (Wildman–Crippen LogP) is 0.436. The second kappa shape index (κ2) is 22.1. The number of nitrogens with one attached hydrogen (secondary N) is 5. The van der Waals surface area contributed by atoms with Crippen LogP contribution in [0.2, 0.25) is 0 Å². The van der Waals surface area contributed by atoms with Gasteiger partial charge in [-0.15, -0.1) is 0 Å². The highest BCUT2D eigenvalue weighted by Crippen LogP contribution is 2.00. The van der Waals surface area contributed by atoms with E-state index in [4.69, 9.17) is 5.11 Å². The molecule has 0 spiro atoms. The van der Waals surface area contributed by atoms with Gasteiger partial charge in [-0.3, -0.25) is 29.3 Å². The predicted molar refractivity (Wildman–Crippen MR) is 129 cm³/mol. The number of carboxylic acid groups (broad SMARTS) is 1. The molecular weight excluding hydrogens is 442 g/mol. The van der Waals surface area contributed by atoms with E-state index in [0.29, 0.717) is 45.4 Å². The van der Waals surface area contributed by atoms with Gasteiger partial charge >= 0.3 is 5.97 Å². The largest absolute Gasteiger partial charge is 0.481 e. The van der Waals surface area contributed by atoms with Crippen LogP contribution in [-0.2, 0) is 24.0 Å². The van der Waals surface area contributed by atoms with Gasteiger partial charge in [0.2, 0.25) is 23.6 Å². The number of amides is 4. The van der Waals surface area contributed by atoms with Gasteiger partial charge in [-0.25, -0.2) is 0 Å². The molecule has 0 saturated carbocycles. The Bertz CT molecular complexity index is 615. The average Bonchev–Trinajstić information content (AvgIpc) is 2.78. The minimum atomic E-state index is -0.812. The van der Waals surface area contributed by atoms with Crippen molar-refractivity contribution in [1.29, 1.82) is 0 Å². The summed E-state index contributed by atoms with van der Waals surface area (Å²) >= 11 is 0. The Hall–Kier alpha value is -2.69. The third kappa shape index (κ3) is 22.5. The molecule has 0 heterocycles. The zero-order valence-electron chi connectivity index (χ0n) is 20.5. The van der Waals surface area contributed by atoms with Gasteiger partial charge in [0.05, 0.1) is 13.1 Å². The molecule has 0 aliphatic heterocycles. The van der Waals surface area contributed by atoms with Crippen molar-refractivity contribution in [2.24, 2.45) is 0 Å². The molecule has 11 heteroatoms. The summed E-state index contributed by atoms with van der Waals surface area (Å²) in [6.45, 7) is 4.19. The fourth-order valence-corrected chi connectivity index (χ4v) is 3.05. The Morgan fingerprint density at radius 2 is 0.941 bits per heavy atom. The van der Waals surface area contributed by atoms with Crippen LogP contribution in [0.3, 0.4) is 0 Å². The van der Waals surface area contributed by atoms with Gasteiger partial charge in [-0.1, -0.05) is 12.8 Å². The summed E-state index contributed by atoms with van der Waals surface area (Å²) in [6.07, 6.45) is 7.00. The lowest BCUT2D eigenvalue weighted by atomic mass is 10.2. The molecule has 0 aromatic heterocycles. The molecule has 196 valence electrons. The Balaban J connectivity index is 3.47. The van der Waals surface area contributed by atoms with E-state index in [2.05, 4.69) is 26.6 Å². The summed E-state index contributed by atoms with van der Waals surface area (Å²) in [4.78, 5) is 56.9. The van der Waals surface area contributed by atoms with Crippen LogP contribution >= 0.6 is 0 Å². The molecule has 0 bridgehead atoms. The first-order valence-corrected chi connectivity index (χ1v) is 12.3. The standard InChI is InChI=1S/C23H43N5O6/c1-2-25-19(29)12-7-10-16-26-20(30)11-5-3-8-14-27-21(31)17-24-18-22(32)28-15-9-4-6-13-23(33)34/h24H,2-18H2,1H3,(H,25,29)(H,26,30)(H,27,31)(H,28,32)(H,33,34). The highest BCUT2D eigenvalue weighted by Gasteiger charge is 2.05. The molecule has 0 aliphatic carbocycles. The fourth-order valence-electron chi connectivity index (χ4n) is 3.05. The molecule has 34 heavy (non-hydrogen) atoms. The van der Waals surface area contributed by atoms with E-state index in [9.17, 15) is 24.0 Å². The molecule has 0 fully saturated rings. The van der Waals surface area contributed by atoms with Crippen molar-refractivity contribution in [2.75, 3.05) is 39.3 Å². The molecule has 0 unspecified atom stereocenters.